The van der Waals surface area contributed by atoms with Gasteiger partial charge in [-0.05, 0) is 35.9 Å². The predicted molar refractivity (Wildman–Crippen MR) is 111 cm³/mol. The van der Waals surface area contributed by atoms with Crippen molar-refractivity contribution in [1.82, 2.24) is 4.98 Å². The molecule has 0 spiro atoms. The average Bonchev–Trinajstić information content (AvgIpc) is 2.79. The summed E-state index contributed by atoms with van der Waals surface area (Å²) in [7, 11) is 0. The van der Waals surface area contributed by atoms with Crippen molar-refractivity contribution >= 4 is 17.6 Å². The zero-order valence-corrected chi connectivity index (χ0v) is 17.5. The molecule has 1 N–H and O–H groups in total. The number of rotatable bonds is 7. The Morgan fingerprint density at radius 1 is 1.18 bits per heavy atom. The van der Waals surface area contributed by atoms with Crippen LogP contribution in [-0.4, -0.2) is 16.1 Å². The molecule has 1 aromatic heterocycles. The van der Waals surface area contributed by atoms with Crippen LogP contribution < -0.4 is 4.74 Å². The first-order chi connectivity index (χ1) is 15.6. The van der Waals surface area contributed by atoms with Gasteiger partial charge in [0, 0.05) is 18.0 Å². The molecule has 0 saturated carbocycles. The number of aliphatic hydroxyl groups excluding tert-OH is 1. The molecule has 3 aromatic rings. The van der Waals surface area contributed by atoms with Crippen LogP contribution in [0, 0.1) is 5.82 Å². The second kappa shape index (κ2) is 10.0. The van der Waals surface area contributed by atoms with Gasteiger partial charge >= 0.3 is 12.1 Å². The van der Waals surface area contributed by atoms with Crippen molar-refractivity contribution in [1.29, 1.82) is 0 Å². The first-order valence-corrected chi connectivity index (χ1v) is 9.71. The Hall–Kier alpha value is -3.43. The van der Waals surface area contributed by atoms with Gasteiger partial charge in [0.05, 0.1) is 16.2 Å². The van der Waals surface area contributed by atoms with Gasteiger partial charge in [-0.15, -0.1) is 0 Å². The van der Waals surface area contributed by atoms with E-state index in [1.807, 2.05) is 0 Å². The van der Waals surface area contributed by atoms with Crippen LogP contribution >= 0.6 is 11.6 Å². The van der Waals surface area contributed by atoms with E-state index in [0.29, 0.717) is 17.2 Å². The molecule has 0 aliphatic carbocycles. The molecule has 1 unspecified atom stereocenters. The van der Waals surface area contributed by atoms with Gasteiger partial charge < -0.3 is 14.6 Å². The second-order valence-electron chi connectivity index (χ2n) is 6.81. The van der Waals surface area contributed by atoms with Gasteiger partial charge in [0.1, 0.15) is 18.5 Å². The summed E-state index contributed by atoms with van der Waals surface area (Å²) >= 11 is 5.78. The van der Waals surface area contributed by atoms with Crippen LogP contribution in [0.1, 0.15) is 22.8 Å². The summed E-state index contributed by atoms with van der Waals surface area (Å²) in [6, 6.07) is 9.90. The normalized spacial score (nSPS) is 12.2. The van der Waals surface area contributed by atoms with Crippen molar-refractivity contribution in [2.24, 2.45) is 0 Å². The molecule has 2 aromatic carbocycles. The third-order valence-corrected chi connectivity index (χ3v) is 4.69. The maximum atomic E-state index is 14.2. The van der Waals surface area contributed by atoms with E-state index in [0.717, 1.165) is 0 Å². The summed E-state index contributed by atoms with van der Waals surface area (Å²) in [4.78, 5) is 16.1. The van der Waals surface area contributed by atoms with E-state index in [1.54, 1.807) is 18.2 Å². The van der Waals surface area contributed by atoms with Crippen LogP contribution in [0.2, 0.25) is 5.02 Å². The number of halogens is 5. The highest BCUT2D eigenvalue weighted by Crippen LogP contribution is 2.38. The van der Waals surface area contributed by atoms with Crippen molar-refractivity contribution in [2.75, 3.05) is 0 Å². The molecule has 0 aliphatic heterocycles. The molecule has 3 rings (SSSR count). The largest absolute Gasteiger partial charge is 0.457 e. The van der Waals surface area contributed by atoms with E-state index in [9.17, 15) is 27.5 Å². The number of hydrogen-bond acceptors (Lipinski definition) is 5. The van der Waals surface area contributed by atoms with E-state index >= 15 is 0 Å². The van der Waals surface area contributed by atoms with Gasteiger partial charge in [0.2, 0.25) is 0 Å². The van der Waals surface area contributed by atoms with Crippen molar-refractivity contribution in [3.8, 4) is 11.5 Å². The van der Waals surface area contributed by atoms with Gasteiger partial charge in [-0.25, -0.2) is 9.18 Å². The number of nitrogens with zero attached hydrogens (tertiary/aromatic N) is 1. The molecular formula is C23H16ClF4NO4. The van der Waals surface area contributed by atoms with Gasteiger partial charge in [0.25, 0.3) is 0 Å². The van der Waals surface area contributed by atoms with Crippen molar-refractivity contribution in [2.45, 2.75) is 18.9 Å². The topological polar surface area (TPSA) is 68.7 Å². The van der Waals surface area contributed by atoms with E-state index in [4.69, 9.17) is 21.1 Å². The first kappa shape index (κ1) is 24.2. The number of hydrogen-bond donors (Lipinski definition) is 1. The van der Waals surface area contributed by atoms with Crippen LogP contribution in [0.4, 0.5) is 17.6 Å². The number of pyridine rings is 1. The zero-order valence-electron chi connectivity index (χ0n) is 16.8. The Kier molecular flexibility index (Phi) is 7.35. The fourth-order valence-corrected chi connectivity index (χ4v) is 2.98. The molecule has 0 saturated heterocycles. The van der Waals surface area contributed by atoms with Crippen LogP contribution in [0.15, 0.2) is 73.1 Å². The SMILES string of the molecule is C=C(C(=O)OCc1cccc(Oc2c(F)cc(C(F)(F)F)cc2Cl)c1)C(O)c1cccnc1. The Morgan fingerprint density at radius 2 is 1.94 bits per heavy atom. The number of carbonyl (C=O) groups is 1. The Morgan fingerprint density at radius 3 is 2.58 bits per heavy atom. The molecule has 33 heavy (non-hydrogen) atoms. The molecule has 0 amide bonds. The summed E-state index contributed by atoms with van der Waals surface area (Å²) in [5.74, 6) is -2.66. The number of aliphatic hydroxyl groups is 1. The predicted octanol–water partition coefficient (Wildman–Crippen LogP) is 6.02. The maximum Gasteiger partial charge on any atom is 0.416 e. The molecular weight excluding hydrogens is 466 g/mol. The molecule has 1 atom stereocenters. The number of carbonyl (C=O) groups excluding carboxylic acids is 1. The van der Waals surface area contributed by atoms with Gasteiger partial charge in [-0.3, -0.25) is 4.98 Å². The fraction of sp³-hybridized carbons (Fsp3) is 0.130. The van der Waals surface area contributed by atoms with E-state index < -0.39 is 40.4 Å². The molecule has 0 radical (unpaired) electrons. The Labute approximate surface area is 190 Å². The quantitative estimate of drug-likeness (QED) is 0.254. The minimum atomic E-state index is -4.76. The second-order valence-corrected chi connectivity index (χ2v) is 7.21. The molecule has 0 fully saturated rings. The number of benzene rings is 2. The van der Waals surface area contributed by atoms with Gasteiger partial charge in [-0.2, -0.15) is 13.2 Å². The van der Waals surface area contributed by atoms with E-state index in [1.165, 1.54) is 30.6 Å². The van der Waals surface area contributed by atoms with Crippen LogP contribution in [0.5, 0.6) is 11.5 Å². The first-order valence-electron chi connectivity index (χ1n) is 9.33. The highest BCUT2D eigenvalue weighted by atomic mass is 35.5. The summed E-state index contributed by atoms with van der Waals surface area (Å²) in [5.41, 5.74) is -0.654. The summed E-state index contributed by atoms with van der Waals surface area (Å²) in [6.45, 7) is 3.31. The van der Waals surface area contributed by atoms with Crippen LogP contribution in [0.3, 0.4) is 0 Å². The minimum absolute atomic E-state index is 0.0540. The summed E-state index contributed by atoms with van der Waals surface area (Å²) < 4.78 is 63.0. The van der Waals surface area contributed by atoms with Crippen LogP contribution in [-0.2, 0) is 22.3 Å². The van der Waals surface area contributed by atoms with Crippen molar-refractivity contribution in [3.63, 3.8) is 0 Å². The highest BCUT2D eigenvalue weighted by molar-refractivity contribution is 6.32. The number of alkyl halides is 3. The summed E-state index contributed by atoms with van der Waals surface area (Å²) in [5, 5.41) is 9.65. The minimum Gasteiger partial charge on any atom is -0.457 e. The number of aromatic nitrogens is 1. The monoisotopic (exact) mass is 481 g/mol. The number of ether oxygens (including phenoxy) is 2. The average molecular weight is 482 g/mol. The Balaban J connectivity index is 1.67. The molecule has 5 nitrogen and oxygen atoms in total. The maximum absolute atomic E-state index is 14.2. The van der Waals surface area contributed by atoms with E-state index in [-0.39, 0.29) is 24.0 Å². The molecule has 10 heteroatoms. The standard InChI is InChI=1S/C23H16ClF4NO4/c1-13(20(30)15-5-3-7-29-11-15)22(31)32-12-14-4-2-6-17(8-14)33-21-18(24)9-16(10-19(21)25)23(26,27)28/h2-11,20,30H,1,12H2. The summed E-state index contributed by atoms with van der Waals surface area (Å²) in [6.07, 6.45) is -3.17. The van der Waals surface area contributed by atoms with Crippen molar-refractivity contribution in [3.05, 3.63) is 101 Å². The zero-order chi connectivity index (χ0) is 24.2. The third-order valence-electron chi connectivity index (χ3n) is 4.41. The van der Waals surface area contributed by atoms with Crippen LogP contribution in [0.25, 0.3) is 0 Å². The lowest BCUT2D eigenvalue weighted by Gasteiger charge is -2.14. The smallest absolute Gasteiger partial charge is 0.416 e. The lowest BCUT2D eigenvalue weighted by molar-refractivity contribution is -0.141. The highest BCUT2D eigenvalue weighted by Gasteiger charge is 2.32. The lowest BCUT2D eigenvalue weighted by atomic mass is 10.1. The number of esters is 1. The van der Waals surface area contributed by atoms with Gasteiger partial charge in [-0.1, -0.05) is 36.4 Å². The van der Waals surface area contributed by atoms with Crippen molar-refractivity contribution < 1.29 is 36.9 Å². The molecule has 1 heterocycles. The van der Waals surface area contributed by atoms with Gasteiger partial charge in [0.15, 0.2) is 11.6 Å². The lowest BCUT2D eigenvalue weighted by Crippen LogP contribution is -2.14. The fourth-order valence-electron chi connectivity index (χ4n) is 2.73. The van der Waals surface area contributed by atoms with E-state index in [2.05, 4.69) is 11.6 Å². The third kappa shape index (κ3) is 6.09. The Bertz CT molecular complexity index is 1150. The molecule has 0 bridgehead atoms. The molecule has 0 aliphatic rings. The molecule has 172 valence electrons.